The number of aryl methyl sites for hydroxylation is 1. The summed E-state index contributed by atoms with van der Waals surface area (Å²) in [6, 6.07) is 3.66. The van der Waals surface area contributed by atoms with Gasteiger partial charge in [0.2, 0.25) is 0 Å². The molecular weight excluding hydrogens is 250 g/mol. The van der Waals surface area contributed by atoms with Crippen molar-refractivity contribution in [2.75, 3.05) is 13.4 Å². The van der Waals surface area contributed by atoms with Crippen LogP contribution < -0.4 is 10.5 Å². The van der Waals surface area contributed by atoms with E-state index in [9.17, 15) is 4.79 Å². The average molecular weight is 269 g/mol. The highest BCUT2D eigenvalue weighted by Gasteiger charge is 2.19. The number of aliphatic carboxylic acids is 1. The summed E-state index contributed by atoms with van der Waals surface area (Å²) >= 11 is 1.59. The van der Waals surface area contributed by atoms with Crippen LogP contribution in [0.2, 0.25) is 0 Å². The lowest BCUT2D eigenvalue weighted by molar-refractivity contribution is -0.137. The minimum atomic E-state index is -0.831. The summed E-state index contributed by atoms with van der Waals surface area (Å²) in [7, 11) is 1.61. The lowest BCUT2D eigenvalue weighted by Crippen LogP contribution is -2.15. The van der Waals surface area contributed by atoms with Crippen LogP contribution >= 0.6 is 11.8 Å². The van der Waals surface area contributed by atoms with E-state index in [2.05, 4.69) is 0 Å². The highest BCUT2D eigenvalue weighted by atomic mass is 32.2. The van der Waals surface area contributed by atoms with Gasteiger partial charge in [-0.3, -0.25) is 4.79 Å². The number of rotatable bonds is 6. The maximum atomic E-state index is 10.6. The van der Waals surface area contributed by atoms with E-state index in [4.69, 9.17) is 15.6 Å². The molecule has 5 heteroatoms. The fourth-order valence-electron chi connectivity index (χ4n) is 1.91. The zero-order chi connectivity index (χ0) is 13.7. The van der Waals surface area contributed by atoms with Crippen molar-refractivity contribution in [1.82, 2.24) is 0 Å². The zero-order valence-corrected chi connectivity index (χ0v) is 11.7. The van der Waals surface area contributed by atoms with E-state index < -0.39 is 5.97 Å². The lowest BCUT2D eigenvalue weighted by atomic mass is 9.99. The van der Waals surface area contributed by atoms with E-state index in [1.165, 1.54) is 0 Å². The Morgan fingerprint density at radius 1 is 1.56 bits per heavy atom. The van der Waals surface area contributed by atoms with Crippen molar-refractivity contribution >= 4 is 17.7 Å². The van der Waals surface area contributed by atoms with Crippen molar-refractivity contribution in [2.45, 2.75) is 30.7 Å². The minimum Gasteiger partial charge on any atom is -0.496 e. The van der Waals surface area contributed by atoms with Crippen LogP contribution in [0.1, 0.15) is 30.0 Å². The molecule has 0 saturated heterocycles. The third-order valence-corrected chi connectivity index (χ3v) is 3.61. The van der Waals surface area contributed by atoms with Gasteiger partial charge in [-0.1, -0.05) is 6.07 Å². The van der Waals surface area contributed by atoms with Gasteiger partial charge in [0.1, 0.15) is 5.75 Å². The van der Waals surface area contributed by atoms with Gasteiger partial charge in [-0.25, -0.2) is 0 Å². The molecule has 0 aliphatic rings. The molecule has 0 fully saturated rings. The topological polar surface area (TPSA) is 72.5 Å². The Labute approximate surface area is 112 Å². The maximum Gasteiger partial charge on any atom is 0.303 e. The van der Waals surface area contributed by atoms with E-state index >= 15 is 0 Å². The number of methoxy groups -OCH3 is 1. The fraction of sp³-hybridized carbons (Fsp3) is 0.462. The van der Waals surface area contributed by atoms with E-state index in [0.29, 0.717) is 6.42 Å². The average Bonchev–Trinajstić information content (AvgIpc) is 2.35. The van der Waals surface area contributed by atoms with Crippen molar-refractivity contribution in [2.24, 2.45) is 5.73 Å². The quantitative estimate of drug-likeness (QED) is 0.777. The summed E-state index contributed by atoms with van der Waals surface area (Å²) in [5, 5.41) is 8.72. The van der Waals surface area contributed by atoms with Crippen molar-refractivity contribution < 1.29 is 14.6 Å². The Kier molecular flexibility index (Phi) is 5.50. The molecule has 0 spiro atoms. The molecule has 0 saturated carbocycles. The molecule has 0 aromatic heterocycles. The molecule has 1 atom stereocenters. The van der Waals surface area contributed by atoms with Gasteiger partial charge < -0.3 is 15.6 Å². The lowest BCUT2D eigenvalue weighted by Gasteiger charge is -2.20. The predicted molar refractivity (Wildman–Crippen MR) is 73.3 cm³/mol. The van der Waals surface area contributed by atoms with Crippen LogP contribution in [0.25, 0.3) is 0 Å². The number of hydrogen-bond donors (Lipinski definition) is 2. The van der Waals surface area contributed by atoms with Crippen molar-refractivity contribution in [3.63, 3.8) is 0 Å². The number of hydrogen-bond acceptors (Lipinski definition) is 4. The predicted octanol–water partition coefficient (Wildman–Crippen LogP) is 2.59. The van der Waals surface area contributed by atoms with Crippen LogP contribution in [0.4, 0.5) is 0 Å². The Hall–Kier alpha value is -1.20. The van der Waals surface area contributed by atoms with Gasteiger partial charge in [0.05, 0.1) is 7.11 Å². The van der Waals surface area contributed by atoms with E-state index in [0.717, 1.165) is 21.8 Å². The number of benzene rings is 1. The Morgan fingerprint density at radius 2 is 2.22 bits per heavy atom. The van der Waals surface area contributed by atoms with Crippen LogP contribution in [0, 0.1) is 6.92 Å². The number of carboxylic acid groups (broad SMARTS) is 1. The molecule has 0 radical (unpaired) electrons. The summed E-state index contributed by atoms with van der Waals surface area (Å²) in [6.45, 7) is 1.95. The summed E-state index contributed by atoms with van der Waals surface area (Å²) in [6.07, 6.45) is 2.44. The molecule has 1 unspecified atom stereocenters. The first kappa shape index (κ1) is 14.9. The molecule has 0 bridgehead atoms. The van der Waals surface area contributed by atoms with Crippen molar-refractivity contribution in [3.05, 3.63) is 23.3 Å². The molecule has 0 amide bonds. The maximum absolute atomic E-state index is 10.6. The van der Waals surface area contributed by atoms with E-state index in [1.54, 1.807) is 18.9 Å². The van der Waals surface area contributed by atoms with Gasteiger partial charge in [0, 0.05) is 22.9 Å². The van der Waals surface area contributed by atoms with Gasteiger partial charge in [-0.15, -0.1) is 11.8 Å². The Bertz CT molecular complexity index is 434. The van der Waals surface area contributed by atoms with Crippen LogP contribution in [0.5, 0.6) is 5.75 Å². The first-order chi connectivity index (χ1) is 8.51. The fourth-order valence-corrected chi connectivity index (χ4v) is 2.58. The van der Waals surface area contributed by atoms with Crippen molar-refractivity contribution in [3.8, 4) is 5.75 Å². The SMILES string of the molecule is COc1c(C)ccc(SC)c1C(N)CCC(=O)O. The molecule has 4 nitrogen and oxygen atoms in total. The molecule has 1 rings (SSSR count). The number of nitrogens with two attached hydrogens (primary N) is 1. The number of carboxylic acids is 1. The summed E-state index contributed by atoms with van der Waals surface area (Å²) in [4.78, 5) is 11.7. The number of ether oxygens (including phenoxy) is 1. The molecule has 0 aliphatic heterocycles. The van der Waals surface area contributed by atoms with Gasteiger partial charge in [-0.05, 0) is 31.2 Å². The molecule has 1 aromatic rings. The summed E-state index contributed by atoms with van der Waals surface area (Å²) in [5.41, 5.74) is 8.03. The first-order valence-electron chi connectivity index (χ1n) is 5.70. The zero-order valence-electron chi connectivity index (χ0n) is 10.9. The highest BCUT2D eigenvalue weighted by molar-refractivity contribution is 7.98. The minimum absolute atomic E-state index is 0.0616. The monoisotopic (exact) mass is 269 g/mol. The standard InChI is InChI=1S/C13H19NO3S/c1-8-4-6-10(18-3)12(13(8)17-2)9(14)5-7-11(15)16/h4,6,9H,5,7,14H2,1-3H3,(H,15,16). The molecule has 0 heterocycles. The smallest absolute Gasteiger partial charge is 0.303 e. The van der Waals surface area contributed by atoms with Crippen molar-refractivity contribution in [1.29, 1.82) is 0 Å². The first-order valence-corrected chi connectivity index (χ1v) is 6.92. The second-order valence-corrected chi connectivity index (χ2v) is 4.92. The number of carbonyl (C=O) groups is 1. The van der Waals surface area contributed by atoms with Crippen LogP contribution in [-0.2, 0) is 4.79 Å². The molecular formula is C13H19NO3S. The second-order valence-electron chi connectivity index (χ2n) is 4.07. The largest absolute Gasteiger partial charge is 0.496 e. The third-order valence-electron chi connectivity index (χ3n) is 2.82. The van der Waals surface area contributed by atoms with E-state index in [1.807, 2.05) is 25.3 Å². The molecule has 100 valence electrons. The normalized spacial score (nSPS) is 12.2. The highest BCUT2D eigenvalue weighted by Crippen LogP contribution is 2.37. The van der Waals surface area contributed by atoms with Gasteiger partial charge >= 0.3 is 5.97 Å². The van der Waals surface area contributed by atoms with Gasteiger partial charge in [-0.2, -0.15) is 0 Å². The number of thioether (sulfide) groups is 1. The van der Waals surface area contributed by atoms with Crippen LogP contribution in [0.3, 0.4) is 0 Å². The molecule has 0 aliphatic carbocycles. The van der Waals surface area contributed by atoms with Gasteiger partial charge in [0.25, 0.3) is 0 Å². The summed E-state index contributed by atoms with van der Waals surface area (Å²) < 4.78 is 5.41. The Balaban J connectivity index is 3.10. The van der Waals surface area contributed by atoms with Gasteiger partial charge in [0.15, 0.2) is 0 Å². The molecule has 18 heavy (non-hydrogen) atoms. The molecule has 3 N–H and O–H groups in total. The third kappa shape index (κ3) is 3.40. The van der Waals surface area contributed by atoms with Crippen LogP contribution in [0.15, 0.2) is 17.0 Å². The Morgan fingerprint density at radius 3 is 2.72 bits per heavy atom. The molecule has 1 aromatic carbocycles. The van der Waals surface area contributed by atoms with E-state index in [-0.39, 0.29) is 12.5 Å². The van der Waals surface area contributed by atoms with Crippen LogP contribution in [-0.4, -0.2) is 24.4 Å². The second kappa shape index (κ2) is 6.66. The summed E-state index contributed by atoms with van der Waals surface area (Å²) in [5.74, 6) is -0.0671.